The van der Waals surface area contributed by atoms with Crippen LogP contribution in [0.4, 0.5) is 4.79 Å². The van der Waals surface area contributed by atoms with Gasteiger partial charge in [0.15, 0.2) is 0 Å². The third-order valence-corrected chi connectivity index (χ3v) is 3.94. The predicted octanol–water partition coefficient (Wildman–Crippen LogP) is 1.72. The van der Waals surface area contributed by atoms with E-state index in [-0.39, 0.29) is 18.2 Å². The molecule has 2 atom stereocenters. The van der Waals surface area contributed by atoms with Crippen molar-refractivity contribution in [2.45, 2.75) is 44.9 Å². The van der Waals surface area contributed by atoms with Crippen molar-refractivity contribution in [2.75, 3.05) is 19.6 Å². The molecule has 5 nitrogen and oxygen atoms in total. The van der Waals surface area contributed by atoms with Gasteiger partial charge in [-0.3, -0.25) is 4.90 Å². The fourth-order valence-electron chi connectivity index (χ4n) is 2.79. The molecule has 1 aliphatic heterocycles. The van der Waals surface area contributed by atoms with Gasteiger partial charge >= 0.3 is 6.03 Å². The Balaban J connectivity index is 1.72. The highest BCUT2D eigenvalue weighted by Crippen LogP contribution is 2.13. The number of nitrogens with zero attached hydrogens (tertiary/aromatic N) is 1. The Labute approximate surface area is 132 Å². The van der Waals surface area contributed by atoms with Gasteiger partial charge in [-0.2, -0.15) is 0 Å². The van der Waals surface area contributed by atoms with E-state index in [1.807, 2.05) is 6.07 Å². The van der Waals surface area contributed by atoms with Crippen LogP contribution in [-0.2, 0) is 6.54 Å². The summed E-state index contributed by atoms with van der Waals surface area (Å²) in [7, 11) is 0. The maximum absolute atomic E-state index is 11.8. The van der Waals surface area contributed by atoms with Crippen LogP contribution in [0.15, 0.2) is 30.3 Å². The van der Waals surface area contributed by atoms with E-state index in [1.54, 1.807) is 6.92 Å². The second-order valence-electron chi connectivity index (χ2n) is 6.10. The van der Waals surface area contributed by atoms with Crippen LogP contribution in [0.2, 0.25) is 0 Å². The molecular formula is C17H27N3O2. The summed E-state index contributed by atoms with van der Waals surface area (Å²) in [6, 6.07) is 10.5. The minimum atomic E-state index is -0.378. The van der Waals surface area contributed by atoms with Gasteiger partial charge in [-0.15, -0.1) is 0 Å². The SMILES string of the molecule is CC(O)CCNC(=O)NC1CCCN(Cc2ccccc2)C1. The van der Waals surface area contributed by atoms with Gasteiger partial charge in [0.25, 0.3) is 0 Å². The number of likely N-dealkylation sites (tertiary alicyclic amines) is 1. The summed E-state index contributed by atoms with van der Waals surface area (Å²) in [6.45, 7) is 5.13. The number of carbonyl (C=O) groups excluding carboxylic acids is 1. The topological polar surface area (TPSA) is 64.6 Å². The van der Waals surface area contributed by atoms with E-state index >= 15 is 0 Å². The molecule has 0 saturated carbocycles. The van der Waals surface area contributed by atoms with E-state index in [0.717, 1.165) is 32.5 Å². The molecule has 5 heteroatoms. The highest BCUT2D eigenvalue weighted by molar-refractivity contribution is 5.74. The van der Waals surface area contributed by atoms with E-state index in [9.17, 15) is 9.90 Å². The van der Waals surface area contributed by atoms with Crippen LogP contribution in [0, 0.1) is 0 Å². The number of urea groups is 1. The van der Waals surface area contributed by atoms with Crippen LogP contribution < -0.4 is 10.6 Å². The Bertz CT molecular complexity index is 450. The summed E-state index contributed by atoms with van der Waals surface area (Å²) in [6.07, 6.45) is 2.33. The molecule has 2 unspecified atom stereocenters. The van der Waals surface area contributed by atoms with Crippen molar-refractivity contribution < 1.29 is 9.90 Å². The van der Waals surface area contributed by atoms with Crippen LogP contribution in [0.1, 0.15) is 31.7 Å². The molecule has 0 aromatic heterocycles. The summed E-state index contributed by atoms with van der Waals surface area (Å²) in [4.78, 5) is 14.2. The fraction of sp³-hybridized carbons (Fsp3) is 0.588. The molecule has 2 amide bonds. The molecule has 1 aromatic carbocycles. The van der Waals surface area contributed by atoms with Gasteiger partial charge in [0, 0.05) is 25.7 Å². The zero-order valence-corrected chi connectivity index (χ0v) is 13.3. The average Bonchev–Trinajstić information content (AvgIpc) is 2.48. The molecule has 122 valence electrons. The molecule has 0 bridgehead atoms. The molecule has 1 heterocycles. The number of piperidine rings is 1. The molecule has 1 aromatic rings. The number of rotatable bonds is 6. The number of hydrogen-bond acceptors (Lipinski definition) is 3. The van der Waals surface area contributed by atoms with E-state index in [0.29, 0.717) is 13.0 Å². The molecule has 1 fully saturated rings. The quantitative estimate of drug-likeness (QED) is 0.750. The van der Waals surface area contributed by atoms with Gasteiger partial charge in [0.2, 0.25) is 0 Å². The molecule has 2 rings (SSSR count). The Hall–Kier alpha value is -1.59. The third kappa shape index (κ3) is 6.03. The Morgan fingerprint density at radius 3 is 2.91 bits per heavy atom. The number of amides is 2. The second-order valence-corrected chi connectivity index (χ2v) is 6.10. The normalized spacial score (nSPS) is 20.4. The lowest BCUT2D eigenvalue weighted by Crippen LogP contribution is -2.50. The van der Waals surface area contributed by atoms with Gasteiger partial charge in [-0.25, -0.2) is 4.79 Å². The van der Waals surface area contributed by atoms with Gasteiger partial charge in [0.05, 0.1) is 6.10 Å². The predicted molar refractivity (Wildman–Crippen MR) is 87.6 cm³/mol. The number of aliphatic hydroxyl groups is 1. The summed E-state index contributed by atoms with van der Waals surface area (Å²) >= 11 is 0. The molecule has 0 aliphatic carbocycles. The van der Waals surface area contributed by atoms with Gasteiger partial charge < -0.3 is 15.7 Å². The number of aliphatic hydroxyl groups excluding tert-OH is 1. The molecule has 3 N–H and O–H groups in total. The van der Waals surface area contributed by atoms with Crippen LogP contribution in [0.25, 0.3) is 0 Å². The molecular weight excluding hydrogens is 278 g/mol. The van der Waals surface area contributed by atoms with Crippen LogP contribution in [0.5, 0.6) is 0 Å². The monoisotopic (exact) mass is 305 g/mol. The first-order valence-corrected chi connectivity index (χ1v) is 8.12. The van der Waals surface area contributed by atoms with Gasteiger partial charge in [0.1, 0.15) is 0 Å². The summed E-state index contributed by atoms with van der Waals surface area (Å²) < 4.78 is 0. The number of benzene rings is 1. The van der Waals surface area contributed by atoms with Crippen molar-refractivity contribution in [3.63, 3.8) is 0 Å². The molecule has 22 heavy (non-hydrogen) atoms. The van der Waals surface area contributed by atoms with Crippen molar-refractivity contribution in [1.29, 1.82) is 0 Å². The first-order valence-electron chi connectivity index (χ1n) is 8.12. The Morgan fingerprint density at radius 2 is 2.18 bits per heavy atom. The molecule has 0 spiro atoms. The second kappa shape index (κ2) is 8.76. The zero-order valence-electron chi connectivity index (χ0n) is 13.3. The Morgan fingerprint density at radius 1 is 1.41 bits per heavy atom. The van der Waals surface area contributed by atoms with Crippen molar-refractivity contribution >= 4 is 6.03 Å². The minimum Gasteiger partial charge on any atom is -0.393 e. The van der Waals surface area contributed by atoms with Crippen molar-refractivity contribution in [3.05, 3.63) is 35.9 Å². The lowest BCUT2D eigenvalue weighted by molar-refractivity contribution is 0.175. The van der Waals surface area contributed by atoms with E-state index in [2.05, 4.69) is 39.8 Å². The van der Waals surface area contributed by atoms with E-state index in [1.165, 1.54) is 5.56 Å². The van der Waals surface area contributed by atoms with Gasteiger partial charge in [-0.05, 0) is 38.3 Å². The van der Waals surface area contributed by atoms with Crippen LogP contribution >= 0.6 is 0 Å². The number of carbonyl (C=O) groups is 1. The average molecular weight is 305 g/mol. The summed E-state index contributed by atoms with van der Waals surface area (Å²) in [5.41, 5.74) is 1.31. The highest BCUT2D eigenvalue weighted by atomic mass is 16.3. The van der Waals surface area contributed by atoms with Crippen molar-refractivity contribution in [3.8, 4) is 0 Å². The smallest absolute Gasteiger partial charge is 0.315 e. The summed E-state index contributed by atoms with van der Waals surface area (Å²) in [5.74, 6) is 0. The maximum atomic E-state index is 11.8. The number of nitrogens with one attached hydrogen (secondary N) is 2. The number of hydrogen-bond donors (Lipinski definition) is 3. The maximum Gasteiger partial charge on any atom is 0.315 e. The van der Waals surface area contributed by atoms with Crippen molar-refractivity contribution in [2.24, 2.45) is 0 Å². The Kier molecular flexibility index (Phi) is 6.68. The summed E-state index contributed by atoms with van der Waals surface area (Å²) in [5, 5.41) is 15.0. The molecule has 0 radical (unpaired) electrons. The highest BCUT2D eigenvalue weighted by Gasteiger charge is 2.21. The van der Waals surface area contributed by atoms with Crippen LogP contribution in [0.3, 0.4) is 0 Å². The largest absolute Gasteiger partial charge is 0.393 e. The third-order valence-electron chi connectivity index (χ3n) is 3.94. The lowest BCUT2D eigenvalue weighted by atomic mass is 10.0. The first kappa shape index (κ1) is 16.8. The lowest BCUT2D eigenvalue weighted by Gasteiger charge is -2.33. The van der Waals surface area contributed by atoms with Crippen molar-refractivity contribution in [1.82, 2.24) is 15.5 Å². The van der Waals surface area contributed by atoms with E-state index < -0.39 is 0 Å². The van der Waals surface area contributed by atoms with Gasteiger partial charge in [-0.1, -0.05) is 30.3 Å². The molecule has 1 aliphatic rings. The first-order chi connectivity index (χ1) is 10.6. The minimum absolute atomic E-state index is 0.132. The zero-order chi connectivity index (χ0) is 15.8. The fourth-order valence-corrected chi connectivity index (χ4v) is 2.79. The van der Waals surface area contributed by atoms with E-state index in [4.69, 9.17) is 0 Å². The standard InChI is InChI=1S/C17H27N3O2/c1-14(21)9-10-18-17(22)19-16-8-5-11-20(13-16)12-15-6-3-2-4-7-15/h2-4,6-7,14,16,21H,5,8-13H2,1H3,(H2,18,19,22). The van der Waals surface area contributed by atoms with Crippen LogP contribution in [-0.4, -0.2) is 47.8 Å². The molecule has 1 saturated heterocycles.